The van der Waals surface area contributed by atoms with Gasteiger partial charge in [0, 0.05) is 11.7 Å². The maximum Gasteiger partial charge on any atom is 0.120 e. The lowest BCUT2D eigenvalue weighted by molar-refractivity contribution is 0.661. The van der Waals surface area contributed by atoms with E-state index in [4.69, 9.17) is 0 Å². The molecule has 3 heteroatoms. The molecule has 0 aromatic carbocycles. The Labute approximate surface area is 91.7 Å². The molecule has 2 N–H and O–H groups in total. The molecule has 0 atom stereocenters. The van der Waals surface area contributed by atoms with Crippen molar-refractivity contribution in [1.82, 2.24) is 15.3 Å². The number of hydrogen-bond acceptors (Lipinski definition) is 2. The minimum atomic E-state index is 0.759. The molecule has 1 heterocycles. The van der Waals surface area contributed by atoms with Gasteiger partial charge in [-0.3, -0.25) is 0 Å². The third kappa shape index (κ3) is 2.81. The molecule has 3 nitrogen and oxygen atoms in total. The van der Waals surface area contributed by atoms with Crippen molar-refractivity contribution in [2.75, 3.05) is 0 Å². The highest BCUT2D eigenvalue weighted by atomic mass is 15.0. The van der Waals surface area contributed by atoms with Crippen LogP contribution in [0.2, 0.25) is 0 Å². The summed E-state index contributed by atoms with van der Waals surface area (Å²) in [6, 6.07) is 0.759. The standard InChI is InChI=1S/C12H21N3/c1-3-5-11-10(4-2)14-12(15-11)8-13-9-6-7-9/h9,13H,3-8H2,1-2H3,(H,14,15). The number of hydrogen-bond donors (Lipinski definition) is 2. The summed E-state index contributed by atoms with van der Waals surface area (Å²) in [5, 5.41) is 3.49. The molecular formula is C12H21N3. The highest BCUT2D eigenvalue weighted by Crippen LogP contribution is 2.19. The summed E-state index contributed by atoms with van der Waals surface area (Å²) >= 11 is 0. The van der Waals surface area contributed by atoms with Gasteiger partial charge in [-0.05, 0) is 25.7 Å². The molecule has 84 valence electrons. The van der Waals surface area contributed by atoms with Gasteiger partial charge in [0.15, 0.2) is 0 Å². The van der Waals surface area contributed by atoms with E-state index >= 15 is 0 Å². The van der Waals surface area contributed by atoms with Crippen molar-refractivity contribution in [2.24, 2.45) is 0 Å². The van der Waals surface area contributed by atoms with Crippen molar-refractivity contribution < 1.29 is 0 Å². The predicted octanol–water partition coefficient (Wildman–Crippen LogP) is 2.18. The molecule has 0 aliphatic heterocycles. The summed E-state index contributed by atoms with van der Waals surface area (Å²) in [6.07, 6.45) is 6.02. The van der Waals surface area contributed by atoms with Crippen LogP contribution in [0.15, 0.2) is 0 Å². The first-order valence-corrected chi connectivity index (χ1v) is 6.13. The molecule has 0 saturated heterocycles. The van der Waals surface area contributed by atoms with Gasteiger partial charge >= 0.3 is 0 Å². The third-order valence-corrected chi connectivity index (χ3v) is 2.88. The Bertz CT molecular complexity index is 313. The lowest BCUT2D eigenvalue weighted by atomic mass is 10.2. The number of aromatic amines is 1. The minimum absolute atomic E-state index is 0.759. The van der Waals surface area contributed by atoms with Gasteiger partial charge in [-0.2, -0.15) is 0 Å². The number of nitrogens with one attached hydrogen (secondary N) is 2. The van der Waals surface area contributed by atoms with Gasteiger partial charge in [-0.1, -0.05) is 20.3 Å². The van der Waals surface area contributed by atoms with Crippen LogP contribution in [-0.4, -0.2) is 16.0 Å². The molecule has 1 aromatic heterocycles. The Balaban J connectivity index is 1.96. The smallest absolute Gasteiger partial charge is 0.120 e. The van der Waals surface area contributed by atoms with E-state index < -0.39 is 0 Å². The van der Waals surface area contributed by atoms with E-state index in [9.17, 15) is 0 Å². The van der Waals surface area contributed by atoms with Crippen molar-refractivity contribution in [3.05, 3.63) is 17.2 Å². The van der Waals surface area contributed by atoms with E-state index in [-0.39, 0.29) is 0 Å². The second kappa shape index (κ2) is 4.79. The minimum Gasteiger partial charge on any atom is -0.345 e. The molecule has 0 unspecified atom stereocenters. The van der Waals surface area contributed by atoms with Crippen LogP contribution in [0.25, 0.3) is 0 Å². The topological polar surface area (TPSA) is 40.7 Å². The van der Waals surface area contributed by atoms with Crippen LogP contribution in [0.5, 0.6) is 0 Å². The third-order valence-electron chi connectivity index (χ3n) is 2.88. The molecule has 1 aliphatic carbocycles. The van der Waals surface area contributed by atoms with Crippen LogP contribution >= 0.6 is 0 Å². The molecule has 0 amide bonds. The van der Waals surface area contributed by atoms with Crippen molar-refractivity contribution in [1.29, 1.82) is 0 Å². The van der Waals surface area contributed by atoms with Crippen LogP contribution in [-0.2, 0) is 19.4 Å². The molecule has 15 heavy (non-hydrogen) atoms. The SMILES string of the molecule is CCCc1[nH]c(CNC2CC2)nc1CC. The van der Waals surface area contributed by atoms with Gasteiger partial charge in [0.1, 0.15) is 5.82 Å². The monoisotopic (exact) mass is 207 g/mol. The first kappa shape index (κ1) is 10.7. The summed E-state index contributed by atoms with van der Waals surface area (Å²) in [4.78, 5) is 8.07. The molecule has 0 spiro atoms. The molecule has 0 bridgehead atoms. The zero-order valence-electron chi connectivity index (χ0n) is 9.77. The predicted molar refractivity (Wildman–Crippen MR) is 61.8 cm³/mol. The summed E-state index contributed by atoms with van der Waals surface area (Å²) in [5.41, 5.74) is 2.59. The number of aryl methyl sites for hydroxylation is 2. The average Bonchev–Trinajstić information content (AvgIpc) is 2.98. The maximum absolute atomic E-state index is 4.63. The van der Waals surface area contributed by atoms with E-state index in [0.29, 0.717) is 0 Å². The first-order chi connectivity index (χ1) is 7.33. The van der Waals surface area contributed by atoms with E-state index in [1.165, 1.54) is 30.7 Å². The highest BCUT2D eigenvalue weighted by Gasteiger charge is 2.20. The van der Waals surface area contributed by atoms with Gasteiger partial charge in [0.05, 0.1) is 12.2 Å². The van der Waals surface area contributed by atoms with Gasteiger partial charge in [0.25, 0.3) is 0 Å². The summed E-state index contributed by atoms with van der Waals surface area (Å²) in [7, 11) is 0. The molecule has 2 rings (SSSR count). The molecule has 1 saturated carbocycles. The molecular weight excluding hydrogens is 186 g/mol. The zero-order chi connectivity index (χ0) is 10.7. The zero-order valence-corrected chi connectivity index (χ0v) is 9.77. The Hall–Kier alpha value is -0.830. The van der Waals surface area contributed by atoms with E-state index in [1.807, 2.05) is 0 Å². The fraction of sp³-hybridized carbons (Fsp3) is 0.750. The van der Waals surface area contributed by atoms with Crippen LogP contribution in [0.1, 0.15) is 50.3 Å². The fourth-order valence-corrected chi connectivity index (χ4v) is 1.87. The average molecular weight is 207 g/mol. The quantitative estimate of drug-likeness (QED) is 0.750. The van der Waals surface area contributed by atoms with Crippen molar-refractivity contribution in [2.45, 2.75) is 58.5 Å². The summed E-state index contributed by atoms with van der Waals surface area (Å²) in [6.45, 7) is 5.29. The van der Waals surface area contributed by atoms with Gasteiger partial charge in [0.2, 0.25) is 0 Å². The van der Waals surface area contributed by atoms with E-state index in [2.05, 4.69) is 29.1 Å². The Morgan fingerprint density at radius 1 is 1.40 bits per heavy atom. The van der Waals surface area contributed by atoms with Crippen molar-refractivity contribution >= 4 is 0 Å². The summed E-state index contributed by atoms with van der Waals surface area (Å²) in [5.74, 6) is 1.11. The van der Waals surface area contributed by atoms with E-state index in [0.717, 1.165) is 31.3 Å². The largest absolute Gasteiger partial charge is 0.345 e. The lowest BCUT2D eigenvalue weighted by Gasteiger charge is -1.97. The van der Waals surface area contributed by atoms with Crippen LogP contribution < -0.4 is 5.32 Å². The maximum atomic E-state index is 4.63. The van der Waals surface area contributed by atoms with E-state index in [1.54, 1.807) is 0 Å². The molecule has 0 radical (unpaired) electrons. The Morgan fingerprint density at radius 3 is 2.80 bits per heavy atom. The number of aromatic nitrogens is 2. The van der Waals surface area contributed by atoms with Crippen LogP contribution in [0.3, 0.4) is 0 Å². The van der Waals surface area contributed by atoms with Crippen molar-refractivity contribution in [3.8, 4) is 0 Å². The van der Waals surface area contributed by atoms with Gasteiger partial charge in [-0.15, -0.1) is 0 Å². The second-order valence-electron chi connectivity index (χ2n) is 4.37. The molecule has 1 aliphatic rings. The summed E-state index contributed by atoms with van der Waals surface area (Å²) < 4.78 is 0. The van der Waals surface area contributed by atoms with Crippen molar-refractivity contribution in [3.63, 3.8) is 0 Å². The Morgan fingerprint density at radius 2 is 2.20 bits per heavy atom. The normalized spacial score (nSPS) is 15.9. The van der Waals surface area contributed by atoms with Crippen LogP contribution in [0.4, 0.5) is 0 Å². The highest BCUT2D eigenvalue weighted by molar-refractivity contribution is 5.15. The van der Waals surface area contributed by atoms with Crippen LogP contribution in [0, 0.1) is 0 Å². The lowest BCUT2D eigenvalue weighted by Crippen LogP contribution is -2.16. The number of imidazole rings is 1. The molecule has 1 aromatic rings. The van der Waals surface area contributed by atoms with Gasteiger partial charge in [-0.25, -0.2) is 4.98 Å². The molecule has 1 fully saturated rings. The first-order valence-electron chi connectivity index (χ1n) is 6.13. The Kier molecular flexibility index (Phi) is 3.41. The number of rotatable bonds is 6. The number of nitrogens with zero attached hydrogens (tertiary/aromatic N) is 1. The van der Waals surface area contributed by atoms with Gasteiger partial charge < -0.3 is 10.3 Å². The fourth-order valence-electron chi connectivity index (χ4n) is 1.87. The number of H-pyrrole nitrogens is 1. The second-order valence-corrected chi connectivity index (χ2v) is 4.37.